The predicted molar refractivity (Wildman–Crippen MR) is 81.0 cm³/mol. The first-order chi connectivity index (χ1) is 9.18. The Morgan fingerprint density at radius 1 is 1.50 bits per heavy atom. The van der Waals surface area contributed by atoms with Crippen LogP contribution in [0.3, 0.4) is 0 Å². The molecule has 0 amide bonds. The second-order valence-electron chi connectivity index (χ2n) is 4.76. The molecule has 0 saturated heterocycles. The van der Waals surface area contributed by atoms with Gasteiger partial charge in [0.1, 0.15) is 9.88 Å². The third kappa shape index (κ3) is 4.78. The molecule has 6 nitrogen and oxygen atoms in total. The van der Waals surface area contributed by atoms with E-state index in [1.807, 2.05) is 20.8 Å². The predicted octanol–water partition coefficient (Wildman–Crippen LogP) is 0.809. The number of rotatable bonds is 7. The molecule has 1 aromatic heterocycles. The van der Waals surface area contributed by atoms with Crippen molar-refractivity contribution in [3.63, 3.8) is 0 Å². The van der Waals surface area contributed by atoms with Gasteiger partial charge in [0.05, 0.1) is 11.3 Å². The molecule has 8 heteroatoms. The fourth-order valence-corrected chi connectivity index (χ4v) is 2.74. The van der Waals surface area contributed by atoms with E-state index in [1.54, 1.807) is 0 Å². The molecule has 112 valence electrons. The molecule has 3 N–H and O–H groups in total. The second kappa shape index (κ2) is 6.57. The summed E-state index contributed by atoms with van der Waals surface area (Å²) in [6, 6.07) is 2.89. The quantitative estimate of drug-likeness (QED) is 0.723. The molecule has 1 aromatic rings. The Kier molecular flexibility index (Phi) is 5.58. The van der Waals surface area contributed by atoms with E-state index in [9.17, 15) is 8.42 Å². The first-order valence-corrected chi connectivity index (χ1v) is 7.96. The number of hydrogen-bond acceptors (Lipinski definition) is 5. The fourth-order valence-electron chi connectivity index (χ4n) is 1.48. The number of nitrogens with one attached hydrogen (secondary N) is 1. The van der Waals surface area contributed by atoms with Crippen LogP contribution >= 0.6 is 12.2 Å². The van der Waals surface area contributed by atoms with Crippen molar-refractivity contribution in [2.24, 2.45) is 5.73 Å². The zero-order chi connectivity index (χ0) is 15.4. The lowest BCUT2D eigenvalue weighted by molar-refractivity contribution is -0.00515. The molecule has 0 aromatic carbocycles. The van der Waals surface area contributed by atoms with E-state index in [-0.39, 0.29) is 16.4 Å². The van der Waals surface area contributed by atoms with Gasteiger partial charge >= 0.3 is 0 Å². The first kappa shape index (κ1) is 17.0. The number of ether oxygens (including phenoxy) is 1. The summed E-state index contributed by atoms with van der Waals surface area (Å²) in [7, 11) is -3.63. The van der Waals surface area contributed by atoms with Gasteiger partial charge < -0.3 is 10.5 Å². The molecule has 0 aliphatic heterocycles. The second-order valence-corrected chi connectivity index (χ2v) is 6.97. The van der Waals surface area contributed by atoms with Crippen molar-refractivity contribution in [2.45, 2.75) is 31.3 Å². The van der Waals surface area contributed by atoms with Crippen molar-refractivity contribution in [1.29, 1.82) is 0 Å². The van der Waals surface area contributed by atoms with Crippen LogP contribution in [-0.4, -0.2) is 37.1 Å². The molecule has 0 spiro atoms. The Balaban J connectivity index is 2.81. The van der Waals surface area contributed by atoms with Crippen molar-refractivity contribution >= 4 is 27.2 Å². The van der Waals surface area contributed by atoms with Crippen LogP contribution in [-0.2, 0) is 14.8 Å². The highest BCUT2D eigenvalue weighted by Gasteiger charge is 2.22. The van der Waals surface area contributed by atoms with E-state index in [2.05, 4.69) is 9.71 Å². The van der Waals surface area contributed by atoms with Crippen molar-refractivity contribution in [1.82, 2.24) is 9.71 Å². The lowest BCUT2D eigenvalue weighted by atomic mass is 10.1. The topological polar surface area (TPSA) is 94.3 Å². The van der Waals surface area contributed by atoms with Crippen LogP contribution in [0.1, 0.15) is 26.5 Å². The summed E-state index contributed by atoms with van der Waals surface area (Å²) in [5.41, 5.74) is 5.22. The minimum atomic E-state index is -3.63. The Bertz CT molecular complexity index is 568. The van der Waals surface area contributed by atoms with Crippen molar-refractivity contribution in [2.75, 3.05) is 13.2 Å². The number of pyridine rings is 1. The molecular weight excluding hydrogens is 298 g/mol. The molecule has 0 fully saturated rings. The van der Waals surface area contributed by atoms with E-state index < -0.39 is 15.6 Å². The van der Waals surface area contributed by atoms with Gasteiger partial charge in [-0.1, -0.05) is 12.2 Å². The number of hydrogen-bond donors (Lipinski definition) is 2. The number of thiocarbonyl (C=S) groups is 1. The van der Waals surface area contributed by atoms with Gasteiger partial charge in [-0.25, -0.2) is 13.1 Å². The van der Waals surface area contributed by atoms with Gasteiger partial charge in [0.2, 0.25) is 10.0 Å². The summed E-state index contributed by atoms with van der Waals surface area (Å²) in [6.07, 6.45) is 1.23. The van der Waals surface area contributed by atoms with E-state index in [0.29, 0.717) is 12.3 Å². The average Bonchev–Trinajstić information content (AvgIpc) is 2.37. The highest BCUT2D eigenvalue weighted by Crippen LogP contribution is 2.11. The summed E-state index contributed by atoms with van der Waals surface area (Å²) >= 11 is 4.76. The molecule has 0 unspecified atom stereocenters. The summed E-state index contributed by atoms with van der Waals surface area (Å²) in [4.78, 5) is 4.09. The van der Waals surface area contributed by atoms with Gasteiger partial charge in [-0.05, 0) is 32.9 Å². The zero-order valence-electron chi connectivity index (χ0n) is 11.7. The Hall–Kier alpha value is -1.09. The number of aromatic nitrogens is 1. The maximum Gasteiger partial charge on any atom is 0.242 e. The molecule has 0 atom stereocenters. The SMILES string of the molecule is CCOC(C)(C)CNS(=O)(=O)c1ccc(C(N)=S)nc1. The molecule has 0 aliphatic rings. The van der Waals surface area contributed by atoms with E-state index in [4.69, 9.17) is 22.7 Å². The third-order valence-corrected chi connectivity index (χ3v) is 4.12. The van der Waals surface area contributed by atoms with Crippen LogP contribution in [0.25, 0.3) is 0 Å². The number of sulfonamides is 1. The smallest absolute Gasteiger partial charge is 0.242 e. The lowest BCUT2D eigenvalue weighted by Gasteiger charge is -2.24. The van der Waals surface area contributed by atoms with Gasteiger partial charge in [0.25, 0.3) is 0 Å². The summed E-state index contributed by atoms with van der Waals surface area (Å²) in [6.45, 7) is 6.16. The van der Waals surface area contributed by atoms with Gasteiger partial charge in [-0.15, -0.1) is 0 Å². The van der Waals surface area contributed by atoms with Crippen LogP contribution in [0.2, 0.25) is 0 Å². The summed E-state index contributed by atoms with van der Waals surface area (Å²) in [5.74, 6) is 0. The normalized spacial score (nSPS) is 12.3. The minimum absolute atomic E-state index is 0.0600. The van der Waals surface area contributed by atoms with Crippen LogP contribution in [0, 0.1) is 0 Å². The van der Waals surface area contributed by atoms with E-state index >= 15 is 0 Å². The molecular formula is C12H19N3O3S2. The maximum absolute atomic E-state index is 12.1. The molecule has 1 rings (SSSR count). The lowest BCUT2D eigenvalue weighted by Crippen LogP contribution is -2.40. The molecule has 0 saturated carbocycles. The van der Waals surface area contributed by atoms with Crippen molar-refractivity contribution in [3.05, 3.63) is 24.0 Å². The van der Waals surface area contributed by atoms with Gasteiger partial charge in [0.15, 0.2) is 0 Å². The molecule has 1 heterocycles. The van der Waals surface area contributed by atoms with Crippen LogP contribution in [0.5, 0.6) is 0 Å². The van der Waals surface area contributed by atoms with Crippen LogP contribution in [0.4, 0.5) is 0 Å². The number of nitrogens with two attached hydrogens (primary N) is 1. The highest BCUT2D eigenvalue weighted by molar-refractivity contribution is 7.89. The zero-order valence-corrected chi connectivity index (χ0v) is 13.3. The minimum Gasteiger partial charge on any atom is -0.388 e. The van der Waals surface area contributed by atoms with Crippen molar-refractivity contribution < 1.29 is 13.2 Å². The van der Waals surface area contributed by atoms with E-state index in [1.165, 1.54) is 18.3 Å². The third-order valence-electron chi connectivity index (χ3n) is 2.52. The molecule has 0 radical (unpaired) electrons. The largest absolute Gasteiger partial charge is 0.388 e. The van der Waals surface area contributed by atoms with E-state index in [0.717, 1.165) is 0 Å². The van der Waals surface area contributed by atoms with Crippen molar-refractivity contribution in [3.8, 4) is 0 Å². The highest BCUT2D eigenvalue weighted by atomic mass is 32.2. The molecule has 0 bridgehead atoms. The molecule has 20 heavy (non-hydrogen) atoms. The monoisotopic (exact) mass is 317 g/mol. The van der Waals surface area contributed by atoms with Gasteiger partial charge in [-0.2, -0.15) is 0 Å². The summed E-state index contributed by atoms with van der Waals surface area (Å²) in [5, 5.41) is 0. The molecule has 0 aliphatic carbocycles. The fraction of sp³-hybridized carbons (Fsp3) is 0.500. The summed E-state index contributed by atoms with van der Waals surface area (Å²) < 4.78 is 32.1. The maximum atomic E-state index is 12.1. The average molecular weight is 317 g/mol. The standard InChI is InChI=1S/C12H19N3O3S2/c1-4-18-12(2,3)8-15-20(16,17)9-5-6-10(11(13)19)14-7-9/h5-7,15H,4,8H2,1-3H3,(H2,13,19). The Morgan fingerprint density at radius 3 is 2.60 bits per heavy atom. The first-order valence-electron chi connectivity index (χ1n) is 6.07. The Labute approximate surface area is 124 Å². The Morgan fingerprint density at radius 2 is 2.15 bits per heavy atom. The van der Waals surface area contributed by atoms with Crippen LogP contribution < -0.4 is 10.5 Å². The number of nitrogens with zero attached hydrogens (tertiary/aromatic N) is 1. The van der Waals surface area contributed by atoms with Crippen LogP contribution in [0.15, 0.2) is 23.2 Å². The van der Waals surface area contributed by atoms with Gasteiger partial charge in [0, 0.05) is 19.3 Å². The van der Waals surface area contributed by atoms with Gasteiger partial charge in [-0.3, -0.25) is 4.98 Å².